The van der Waals surface area contributed by atoms with Crippen molar-refractivity contribution in [2.24, 2.45) is 0 Å². The van der Waals surface area contributed by atoms with Crippen LogP contribution in [0.2, 0.25) is 0 Å². The summed E-state index contributed by atoms with van der Waals surface area (Å²) in [6, 6.07) is 13.5. The molecular weight excluding hydrogens is 484 g/mol. The molecule has 0 aliphatic heterocycles. The second-order valence-electron chi connectivity index (χ2n) is 12.1. The van der Waals surface area contributed by atoms with Crippen molar-refractivity contribution in [1.82, 2.24) is 9.80 Å². The van der Waals surface area contributed by atoms with Gasteiger partial charge in [0.1, 0.15) is 11.2 Å². The van der Waals surface area contributed by atoms with E-state index >= 15 is 0 Å². The second-order valence-corrected chi connectivity index (χ2v) is 12.1. The number of hydrogen-bond donors (Lipinski definition) is 0. The third-order valence-electron chi connectivity index (χ3n) is 7.91. The molecule has 0 atom stereocenters. The third kappa shape index (κ3) is 8.02. The summed E-state index contributed by atoms with van der Waals surface area (Å²) >= 11 is 0. The zero-order valence-corrected chi connectivity index (χ0v) is 25.5. The maximum Gasteiger partial charge on any atom is 0.166 e. The lowest BCUT2D eigenvalue weighted by Gasteiger charge is -2.30. The molecule has 1 heterocycles. The van der Waals surface area contributed by atoms with Crippen LogP contribution in [0, 0.1) is 0 Å². The van der Waals surface area contributed by atoms with Crippen molar-refractivity contribution >= 4 is 33.5 Å². The first-order chi connectivity index (χ1) is 18.5. The van der Waals surface area contributed by atoms with Gasteiger partial charge in [-0.3, -0.25) is 19.4 Å². The number of fused-ring (bicyclic) bond motifs is 3. The van der Waals surface area contributed by atoms with E-state index in [1.54, 1.807) is 0 Å². The minimum atomic E-state index is 0.119. The second kappa shape index (κ2) is 14.2. The molecule has 214 valence electrons. The van der Waals surface area contributed by atoms with Gasteiger partial charge in [-0.25, -0.2) is 0 Å². The van der Waals surface area contributed by atoms with E-state index in [4.69, 9.17) is 4.42 Å². The summed E-state index contributed by atoms with van der Waals surface area (Å²) in [4.78, 5) is 31.1. The van der Waals surface area contributed by atoms with Crippen LogP contribution in [0.4, 0.5) is 0 Å². The quantitative estimate of drug-likeness (QED) is 0.136. The molecule has 39 heavy (non-hydrogen) atoms. The highest BCUT2D eigenvalue weighted by atomic mass is 16.3. The molecule has 0 radical (unpaired) electrons. The maximum absolute atomic E-state index is 13.2. The Labute approximate surface area is 235 Å². The number of carbonyl (C=O) groups excluding carboxylic acids is 2. The van der Waals surface area contributed by atoms with Gasteiger partial charge >= 0.3 is 0 Å². The van der Waals surface area contributed by atoms with Gasteiger partial charge < -0.3 is 4.42 Å². The Kier molecular flexibility index (Phi) is 11.3. The van der Waals surface area contributed by atoms with Crippen molar-refractivity contribution in [3.63, 3.8) is 0 Å². The number of unbranched alkanes of at least 4 members (excludes halogenated alkanes) is 2. The monoisotopic (exact) mass is 534 g/mol. The van der Waals surface area contributed by atoms with E-state index in [1.165, 1.54) is 0 Å². The van der Waals surface area contributed by atoms with Gasteiger partial charge in [0, 0.05) is 53.3 Å². The molecular formula is C34H50N2O3. The van der Waals surface area contributed by atoms with Crippen molar-refractivity contribution in [3.05, 3.63) is 47.5 Å². The Morgan fingerprint density at radius 2 is 1.21 bits per heavy atom. The van der Waals surface area contributed by atoms with Gasteiger partial charge in [0.25, 0.3) is 0 Å². The van der Waals surface area contributed by atoms with E-state index < -0.39 is 0 Å². The van der Waals surface area contributed by atoms with Crippen LogP contribution in [0.25, 0.3) is 21.9 Å². The molecule has 0 amide bonds. The van der Waals surface area contributed by atoms with Crippen LogP contribution >= 0.6 is 0 Å². The lowest BCUT2D eigenvalue weighted by molar-refractivity contribution is 0.0968. The zero-order valence-electron chi connectivity index (χ0n) is 25.5. The third-order valence-corrected chi connectivity index (χ3v) is 7.91. The van der Waals surface area contributed by atoms with E-state index in [9.17, 15) is 9.59 Å². The average molecular weight is 535 g/mol. The van der Waals surface area contributed by atoms with Gasteiger partial charge in [0.2, 0.25) is 0 Å². The molecule has 0 N–H and O–H groups in total. The summed E-state index contributed by atoms with van der Waals surface area (Å²) in [7, 11) is 0. The summed E-state index contributed by atoms with van der Waals surface area (Å²) in [5.74, 6) is 0.282. The molecule has 0 aliphatic rings. The fraction of sp³-hybridized carbons (Fsp3) is 0.588. The smallest absolute Gasteiger partial charge is 0.166 e. The van der Waals surface area contributed by atoms with Gasteiger partial charge in [-0.05, 0) is 118 Å². The van der Waals surface area contributed by atoms with Gasteiger partial charge in [-0.15, -0.1) is 0 Å². The van der Waals surface area contributed by atoms with Crippen LogP contribution in [-0.2, 0) is 0 Å². The SMILES string of the molecule is CC(C)N(CCCCC(=O)c1ccc2oc3c(C(=O)CCCCN(C(C)C)C(C)C)cccc3c2c1)C(C)C. The standard InChI is InChI=1S/C34H50N2O3/c1-23(2)35(24(3)4)20-11-9-16-31(37)27-18-19-33-30(22-27)28-14-13-15-29(34(28)39-33)32(38)17-10-12-21-36(25(5)6)26(7)8/h13-15,18-19,22-26H,9-12,16-17,20-21H2,1-8H3. The highest BCUT2D eigenvalue weighted by Gasteiger charge is 2.18. The fourth-order valence-electron chi connectivity index (χ4n) is 5.86. The number of nitrogens with zero attached hydrogens (tertiary/aromatic N) is 2. The molecule has 5 heteroatoms. The number of furan rings is 1. The normalized spacial score (nSPS) is 12.5. The number of carbonyl (C=O) groups is 2. The van der Waals surface area contributed by atoms with E-state index in [1.807, 2.05) is 36.4 Å². The van der Waals surface area contributed by atoms with Crippen LogP contribution in [-0.4, -0.2) is 58.6 Å². The highest BCUT2D eigenvalue weighted by Crippen LogP contribution is 2.32. The molecule has 0 bridgehead atoms. The number of hydrogen-bond acceptors (Lipinski definition) is 5. The highest BCUT2D eigenvalue weighted by molar-refractivity contribution is 6.14. The lowest BCUT2D eigenvalue weighted by Crippen LogP contribution is -2.37. The Bertz CT molecular complexity index is 1220. The van der Waals surface area contributed by atoms with Gasteiger partial charge in [-0.1, -0.05) is 12.1 Å². The predicted octanol–water partition coefficient (Wildman–Crippen LogP) is 8.53. The Balaban J connectivity index is 1.66. The predicted molar refractivity (Wildman–Crippen MR) is 164 cm³/mol. The maximum atomic E-state index is 13.2. The number of rotatable bonds is 16. The summed E-state index contributed by atoms with van der Waals surface area (Å²) in [6.07, 6.45) is 4.79. The molecule has 5 nitrogen and oxygen atoms in total. The van der Waals surface area contributed by atoms with E-state index in [0.717, 1.165) is 55.1 Å². The molecule has 3 aromatic rings. The molecule has 0 saturated carbocycles. The van der Waals surface area contributed by atoms with Gasteiger partial charge in [-0.2, -0.15) is 0 Å². The zero-order chi connectivity index (χ0) is 28.7. The van der Waals surface area contributed by atoms with E-state index in [0.29, 0.717) is 53.7 Å². The van der Waals surface area contributed by atoms with Crippen molar-refractivity contribution in [3.8, 4) is 0 Å². The van der Waals surface area contributed by atoms with Crippen LogP contribution in [0.15, 0.2) is 40.8 Å². The first-order valence-electron chi connectivity index (χ1n) is 15.0. The molecule has 2 aromatic carbocycles. The van der Waals surface area contributed by atoms with Gasteiger partial charge in [0.15, 0.2) is 11.6 Å². The molecule has 0 saturated heterocycles. The van der Waals surface area contributed by atoms with Crippen molar-refractivity contribution in [2.75, 3.05) is 13.1 Å². The number of para-hydroxylation sites is 1. The first kappa shape index (κ1) is 31.0. The van der Waals surface area contributed by atoms with E-state index in [-0.39, 0.29) is 11.6 Å². The summed E-state index contributed by atoms with van der Waals surface area (Å²) in [5, 5.41) is 1.81. The van der Waals surface area contributed by atoms with Crippen molar-refractivity contribution in [2.45, 2.75) is 118 Å². The minimum Gasteiger partial charge on any atom is -0.455 e. The largest absolute Gasteiger partial charge is 0.455 e. The van der Waals surface area contributed by atoms with Crippen molar-refractivity contribution in [1.29, 1.82) is 0 Å². The first-order valence-corrected chi connectivity index (χ1v) is 15.0. The Hall–Kier alpha value is -2.50. The van der Waals surface area contributed by atoms with Crippen LogP contribution in [0.5, 0.6) is 0 Å². The topological polar surface area (TPSA) is 53.8 Å². The molecule has 1 aromatic heterocycles. The van der Waals surface area contributed by atoms with Crippen LogP contribution in [0.3, 0.4) is 0 Å². The van der Waals surface area contributed by atoms with Gasteiger partial charge in [0.05, 0.1) is 5.56 Å². The molecule has 0 spiro atoms. The lowest BCUT2D eigenvalue weighted by atomic mass is 10.00. The molecule has 0 fully saturated rings. The molecule has 3 rings (SSSR count). The summed E-state index contributed by atoms with van der Waals surface area (Å²) in [5.41, 5.74) is 2.71. The summed E-state index contributed by atoms with van der Waals surface area (Å²) < 4.78 is 6.17. The van der Waals surface area contributed by atoms with E-state index in [2.05, 4.69) is 65.2 Å². The Morgan fingerprint density at radius 3 is 1.74 bits per heavy atom. The summed E-state index contributed by atoms with van der Waals surface area (Å²) in [6.45, 7) is 19.8. The number of Topliss-reactive ketones (excluding diaryl/α,β-unsaturated/α-hetero) is 2. The minimum absolute atomic E-state index is 0.119. The average Bonchev–Trinajstić information content (AvgIpc) is 3.25. The fourth-order valence-corrected chi connectivity index (χ4v) is 5.86. The van der Waals surface area contributed by atoms with Crippen molar-refractivity contribution < 1.29 is 14.0 Å². The Morgan fingerprint density at radius 1 is 0.667 bits per heavy atom. The van der Waals surface area contributed by atoms with Crippen LogP contribution in [0.1, 0.15) is 115 Å². The number of ketones is 2. The number of benzene rings is 2. The molecule has 0 unspecified atom stereocenters. The molecule has 0 aliphatic carbocycles. The van der Waals surface area contributed by atoms with Crippen LogP contribution < -0.4 is 0 Å².